The van der Waals surface area contributed by atoms with Gasteiger partial charge in [-0.15, -0.1) is 0 Å². The molecule has 0 bridgehead atoms. The van der Waals surface area contributed by atoms with Gasteiger partial charge in [-0.3, -0.25) is 9.10 Å². The molecule has 1 aliphatic heterocycles. The number of sulfonamides is 1. The molecule has 1 aliphatic rings. The van der Waals surface area contributed by atoms with Gasteiger partial charge in [0.1, 0.15) is 18.1 Å². The topological polar surface area (TPSA) is 66.9 Å². The van der Waals surface area contributed by atoms with Crippen molar-refractivity contribution in [2.24, 2.45) is 0 Å². The average molecular weight is 455 g/mol. The van der Waals surface area contributed by atoms with E-state index in [1.165, 1.54) is 61.2 Å². The van der Waals surface area contributed by atoms with Gasteiger partial charge in [0.2, 0.25) is 5.91 Å². The summed E-state index contributed by atoms with van der Waals surface area (Å²) in [6.45, 7) is 0.365. The van der Waals surface area contributed by atoms with Crippen LogP contribution in [0.4, 0.5) is 10.1 Å². The fourth-order valence-corrected chi connectivity index (χ4v) is 5.18. The zero-order valence-electron chi connectivity index (χ0n) is 17.6. The van der Waals surface area contributed by atoms with Gasteiger partial charge in [-0.1, -0.05) is 36.4 Å². The van der Waals surface area contributed by atoms with Crippen molar-refractivity contribution < 1.29 is 22.3 Å². The van der Waals surface area contributed by atoms with Crippen molar-refractivity contribution in [3.8, 4) is 5.75 Å². The molecule has 166 valence electrons. The van der Waals surface area contributed by atoms with Gasteiger partial charge in [-0.25, -0.2) is 12.8 Å². The lowest BCUT2D eigenvalue weighted by Crippen LogP contribution is -2.45. The summed E-state index contributed by atoms with van der Waals surface area (Å²) in [5.74, 6) is -0.620. The van der Waals surface area contributed by atoms with Gasteiger partial charge in [-0.05, 0) is 53.9 Å². The molecule has 0 fully saturated rings. The molecule has 0 atom stereocenters. The number of para-hydroxylation sites is 1. The number of fused-ring (bicyclic) bond motifs is 1. The fraction of sp³-hybridized carbons (Fsp3) is 0.208. The van der Waals surface area contributed by atoms with E-state index in [4.69, 9.17) is 4.74 Å². The second-order valence-corrected chi connectivity index (χ2v) is 9.33. The van der Waals surface area contributed by atoms with Gasteiger partial charge in [0.25, 0.3) is 10.0 Å². The van der Waals surface area contributed by atoms with Crippen molar-refractivity contribution >= 4 is 21.6 Å². The standard InChI is InChI=1S/C24H23FN2O4S/c1-31-20-10-12-21(13-11-20)32(29,30)27(23-9-5-4-8-22(23)25)17-24(28)26-15-14-18-6-2-3-7-19(18)16-26/h2-13H,14-17H2,1H3. The van der Waals surface area contributed by atoms with Crippen LogP contribution in [0.3, 0.4) is 0 Å². The Balaban J connectivity index is 1.66. The van der Waals surface area contributed by atoms with E-state index < -0.39 is 22.4 Å². The molecule has 0 saturated carbocycles. The van der Waals surface area contributed by atoms with Crippen molar-refractivity contribution in [2.75, 3.05) is 24.5 Å². The number of nitrogens with zero attached hydrogens (tertiary/aromatic N) is 2. The Morgan fingerprint density at radius 2 is 1.66 bits per heavy atom. The zero-order valence-corrected chi connectivity index (χ0v) is 18.4. The van der Waals surface area contributed by atoms with Crippen LogP contribution in [0, 0.1) is 5.82 Å². The molecule has 1 amide bonds. The maximum Gasteiger partial charge on any atom is 0.264 e. The molecule has 3 aromatic rings. The summed E-state index contributed by atoms with van der Waals surface area (Å²) in [6, 6.07) is 19.2. The van der Waals surface area contributed by atoms with E-state index in [9.17, 15) is 17.6 Å². The lowest BCUT2D eigenvalue weighted by atomic mass is 10.00. The molecule has 4 rings (SSSR count). The molecule has 0 unspecified atom stereocenters. The normalized spacial score (nSPS) is 13.4. The molecule has 0 aromatic heterocycles. The third-order valence-electron chi connectivity index (χ3n) is 5.53. The number of halogens is 1. The minimum atomic E-state index is -4.21. The second-order valence-electron chi connectivity index (χ2n) is 7.47. The SMILES string of the molecule is COc1ccc(S(=O)(=O)N(CC(=O)N2CCc3ccccc3C2)c2ccccc2F)cc1. The lowest BCUT2D eigenvalue weighted by molar-refractivity contribution is -0.130. The molecule has 0 spiro atoms. The molecule has 1 heterocycles. The van der Waals surface area contributed by atoms with Gasteiger partial charge in [-0.2, -0.15) is 0 Å². The first-order valence-corrected chi connectivity index (χ1v) is 11.6. The molecule has 6 nitrogen and oxygen atoms in total. The molecular weight excluding hydrogens is 431 g/mol. The monoisotopic (exact) mass is 454 g/mol. The molecule has 0 N–H and O–H groups in total. The Bertz CT molecular complexity index is 1230. The average Bonchev–Trinajstić information content (AvgIpc) is 2.82. The molecule has 8 heteroatoms. The highest BCUT2D eigenvalue weighted by atomic mass is 32.2. The molecule has 3 aromatic carbocycles. The van der Waals surface area contributed by atoms with E-state index in [1.807, 2.05) is 24.3 Å². The number of amides is 1. The summed E-state index contributed by atoms with van der Waals surface area (Å²) >= 11 is 0. The number of ether oxygens (including phenoxy) is 1. The van der Waals surface area contributed by atoms with Crippen LogP contribution < -0.4 is 9.04 Å². The van der Waals surface area contributed by atoms with Crippen LogP contribution in [0.25, 0.3) is 0 Å². The van der Waals surface area contributed by atoms with Crippen LogP contribution in [0.5, 0.6) is 5.75 Å². The summed E-state index contributed by atoms with van der Waals surface area (Å²) in [4.78, 5) is 14.7. The van der Waals surface area contributed by atoms with E-state index in [-0.39, 0.29) is 16.5 Å². The second kappa shape index (κ2) is 9.00. The number of hydrogen-bond donors (Lipinski definition) is 0. The smallest absolute Gasteiger partial charge is 0.264 e. The fourth-order valence-electron chi connectivity index (χ4n) is 3.76. The third-order valence-corrected chi connectivity index (χ3v) is 7.30. The van der Waals surface area contributed by atoms with Gasteiger partial charge >= 0.3 is 0 Å². The van der Waals surface area contributed by atoms with Crippen molar-refractivity contribution in [3.05, 3.63) is 89.7 Å². The summed E-state index contributed by atoms with van der Waals surface area (Å²) in [5, 5.41) is 0. The minimum Gasteiger partial charge on any atom is -0.497 e. The maximum atomic E-state index is 14.6. The third kappa shape index (κ3) is 4.31. The van der Waals surface area contributed by atoms with Gasteiger partial charge in [0.15, 0.2) is 0 Å². The first-order valence-electron chi connectivity index (χ1n) is 10.2. The van der Waals surface area contributed by atoms with E-state index in [2.05, 4.69) is 0 Å². The van der Waals surface area contributed by atoms with Crippen LogP contribution in [-0.2, 0) is 27.8 Å². The van der Waals surface area contributed by atoms with E-state index in [0.29, 0.717) is 25.3 Å². The Labute approximate surface area is 186 Å². The van der Waals surface area contributed by atoms with Crippen molar-refractivity contribution in [1.82, 2.24) is 4.90 Å². The summed E-state index contributed by atoms with van der Waals surface area (Å²) in [5.41, 5.74) is 2.03. The van der Waals surface area contributed by atoms with Crippen LogP contribution in [-0.4, -0.2) is 39.4 Å². The molecule has 32 heavy (non-hydrogen) atoms. The highest BCUT2D eigenvalue weighted by Gasteiger charge is 2.31. The number of carbonyl (C=O) groups is 1. The minimum absolute atomic E-state index is 0.0571. The number of carbonyl (C=O) groups excluding carboxylic acids is 1. The quantitative estimate of drug-likeness (QED) is 0.571. The number of hydrogen-bond acceptors (Lipinski definition) is 4. The first kappa shape index (κ1) is 21.8. The Hall–Kier alpha value is -3.39. The number of methoxy groups -OCH3 is 1. The Morgan fingerprint density at radius 3 is 2.34 bits per heavy atom. The zero-order chi connectivity index (χ0) is 22.7. The Kier molecular flexibility index (Phi) is 6.14. The van der Waals surface area contributed by atoms with Crippen LogP contribution in [0.2, 0.25) is 0 Å². The Morgan fingerprint density at radius 1 is 1.00 bits per heavy atom. The molecule has 0 radical (unpaired) electrons. The predicted octanol–water partition coefficient (Wildman–Crippen LogP) is 3.61. The van der Waals surface area contributed by atoms with Crippen molar-refractivity contribution in [3.63, 3.8) is 0 Å². The van der Waals surface area contributed by atoms with Crippen molar-refractivity contribution in [2.45, 2.75) is 17.9 Å². The van der Waals surface area contributed by atoms with Gasteiger partial charge in [0.05, 0.1) is 17.7 Å². The van der Waals surface area contributed by atoms with Crippen molar-refractivity contribution in [1.29, 1.82) is 0 Å². The lowest BCUT2D eigenvalue weighted by Gasteiger charge is -2.32. The first-order chi connectivity index (χ1) is 15.4. The maximum absolute atomic E-state index is 14.6. The summed E-state index contributed by atoms with van der Waals surface area (Å²) in [7, 11) is -2.73. The summed E-state index contributed by atoms with van der Waals surface area (Å²) in [6.07, 6.45) is 0.687. The van der Waals surface area contributed by atoms with Gasteiger partial charge in [0, 0.05) is 13.1 Å². The molecule has 0 saturated heterocycles. The molecular formula is C24H23FN2O4S. The summed E-state index contributed by atoms with van der Waals surface area (Å²) < 4.78 is 47.5. The number of anilines is 1. The van der Waals surface area contributed by atoms with Crippen LogP contribution in [0.1, 0.15) is 11.1 Å². The highest BCUT2D eigenvalue weighted by Crippen LogP contribution is 2.28. The van der Waals surface area contributed by atoms with Crippen LogP contribution in [0.15, 0.2) is 77.7 Å². The molecule has 0 aliphatic carbocycles. The number of benzene rings is 3. The van der Waals surface area contributed by atoms with Gasteiger partial charge < -0.3 is 9.64 Å². The van der Waals surface area contributed by atoms with E-state index >= 15 is 0 Å². The largest absolute Gasteiger partial charge is 0.497 e. The van der Waals surface area contributed by atoms with E-state index in [0.717, 1.165) is 9.87 Å². The highest BCUT2D eigenvalue weighted by molar-refractivity contribution is 7.92. The van der Waals surface area contributed by atoms with E-state index in [1.54, 1.807) is 4.90 Å². The van der Waals surface area contributed by atoms with Crippen LogP contribution >= 0.6 is 0 Å². The predicted molar refractivity (Wildman–Crippen MR) is 119 cm³/mol. The number of rotatable bonds is 6.